The molecule has 0 bridgehead atoms. The highest BCUT2D eigenvalue weighted by molar-refractivity contribution is 5.99. The highest BCUT2D eigenvalue weighted by Crippen LogP contribution is 2.41. The van der Waals surface area contributed by atoms with Gasteiger partial charge in [0.25, 0.3) is 5.91 Å². The molecule has 32 heavy (non-hydrogen) atoms. The quantitative estimate of drug-likeness (QED) is 0.614. The fourth-order valence-corrected chi connectivity index (χ4v) is 4.23. The molecule has 3 aromatic rings. The summed E-state index contributed by atoms with van der Waals surface area (Å²) in [5, 5.41) is 3.88. The van der Waals surface area contributed by atoms with Crippen LogP contribution in [0.3, 0.4) is 0 Å². The number of hydrogen-bond donors (Lipinski definition) is 0. The van der Waals surface area contributed by atoms with Crippen molar-refractivity contribution >= 4 is 11.6 Å². The molecule has 6 nitrogen and oxygen atoms in total. The second-order valence-corrected chi connectivity index (χ2v) is 8.63. The topological polar surface area (TPSA) is 53.7 Å². The third kappa shape index (κ3) is 3.97. The molecule has 2 fully saturated rings. The molecule has 0 atom stereocenters. The predicted molar refractivity (Wildman–Crippen MR) is 112 cm³/mol. The number of rotatable bonds is 4. The van der Waals surface area contributed by atoms with E-state index in [1.54, 1.807) is 4.90 Å². The van der Waals surface area contributed by atoms with Gasteiger partial charge in [-0.1, -0.05) is 24.3 Å². The summed E-state index contributed by atoms with van der Waals surface area (Å²) in [5.74, 6) is -0.284. The van der Waals surface area contributed by atoms with E-state index in [9.17, 15) is 18.0 Å². The molecule has 2 aliphatic rings. The van der Waals surface area contributed by atoms with Crippen molar-refractivity contribution in [1.29, 1.82) is 0 Å². The average molecular weight is 443 g/mol. The van der Waals surface area contributed by atoms with Crippen molar-refractivity contribution in [1.82, 2.24) is 24.4 Å². The molecule has 1 amide bonds. The van der Waals surface area contributed by atoms with Crippen LogP contribution in [0.5, 0.6) is 0 Å². The number of carbonyl (C=O) groups excluding carboxylic acids is 1. The molecule has 168 valence electrons. The van der Waals surface area contributed by atoms with Gasteiger partial charge in [0.2, 0.25) is 0 Å². The summed E-state index contributed by atoms with van der Waals surface area (Å²) in [6, 6.07) is 9.28. The molecule has 1 aliphatic heterocycles. The van der Waals surface area contributed by atoms with Gasteiger partial charge in [0, 0.05) is 44.3 Å². The first-order valence-electron chi connectivity index (χ1n) is 10.8. The zero-order valence-corrected chi connectivity index (χ0v) is 17.8. The van der Waals surface area contributed by atoms with Crippen LogP contribution in [-0.4, -0.2) is 56.5 Å². The predicted octanol–water partition coefficient (Wildman–Crippen LogP) is 3.89. The zero-order valence-electron chi connectivity index (χ0n) is 17.8. The molecule has 3 heterocycles. The number of halogens is 3. The third-order valence-electron chi connectivity index (χ3n) is 6.32. The molecule has 0 unspecified atom stereocenters. The number of aryl methyl sites for hydroxylation is 1. The van der Waals surface area contributed by atoms with E-state index < -0.39 is 11.9 Å². The number of piperazine rings is 1. The van der Waals surface area contributed by atoms with Gasteiger partial charge in [-0.2, -0.15) is 18.3 Å². The number of fused-ring (bicyclic) bond motifs is 1. The number of carbonyl (C=O) groups is 1. The summed E-state index contributed by atoms with van der Waals surface area (Å²) < 4.78 is 41.6. The van der Waals surface area contributed by atoms with Crippen molar-refractivity contribution in [3.63, 3.8) is 0 Å². The first-order chi connectivity index (χ1) is 15.3. The van der Waals surface area contributed by atoms with Gasteiger partial charge in [-0.3, -0.25) is 9.69 Å². The van der Waals surface area contributed by atoms with E-state index in [1.807, 2.05) is 12.1 Å². The fraction of sp³-hybridized carbons (Fsp3) is 0.435. The summed E-state index contributed by atoms with van der Waals surface area (Å²) in [6.45, 7) is 5.32. The van der Waals surface area contributed by atoms with Crippen molar-refractivity contribution in [3.05, 3.63) is 64.6 Å². The molecular weight excluding hydrogens is 419 g/mol. The first-order valence-corrected chi connectivity index (χ1v) is 10.8. The number of alkyl halides is 3. The molecule has 0 N–H and O–H groups in total. The molecule has 1 aliphatic carbocycles. The summed E-state index contributed by atoms with van der Waals surface area (Å²) >= 11 is 0. The van der Waals surface area contributed by atoms with E-state index in [1.165, 1.54) is 17.3 Å². The second-order valence-electron chi connectivity index (χ2n) is 8.63. The summed E-state index contributed by atoms with van der Waals surface area (Å²) in [4.78, 5) is 21.6. The Hall–Kier alpha value is -2.94. The smallest absolute Gasteiger partial charge is 0.336 e. The lowest BCUT2D eigenvalue weighted by atomic mass is 10.1. The summed E-state index contributed by atoms with van der Waals surface area (Å²) in [6.07, 6.45) is -1.71. The minimum absolute atomic E-state index is 0.00550. The largest absolute Gasteiger partial charge is 0.433 e. The van der Waals surface area contributed by atoms with Crippen LogP contribution in [0.4, 0.5) is 13.2 Å². The Kier molecular flexibility index (Phi) is 5.16. The van der Waals surface area contributed by atoms with Gasteiger partial charge in [-0.05, 0) is 37.0 Å². The fourth-order valence-electron chi connectivity index (χ4n) is 4.23. The lowest BCUT2D eigenvalue weighted by Crippen LogP contribution is -2.48. The molecule has 0 radical (unpaired) electrons. The van der Waals surface area contributed by atoms with Crippen molar-refractivity contribution in [3.8, 4) is 0 Å². The molecule has 0 spiro atoms. The monoisotopic (exact) mass is 443 g/mol. The Balaban J connectivity index is 1.35. The van der Waals surface area contributed by atoms with Gasteiger partial charge in [0.15, 0.2) is 5.65 Å². The molecule has 9 heteroatoms. The first kappa shape index (κ1) is 20.9. The van der Waals surface area contributed by atoms with Crippen molar-refractivity contribution in [2.24, 2.45) is 0 Å². The molecule has 5 rings (SSSR count). The second kappa shape index (κ2) is 7.88. The lowest BCUT2D eigenvalue weighted by molar-refractivity contribution is -0.142. The molecule has 1 saturated heterocycles. The lowest BCUT2D eigenvalue weighted by Gasteiger charge is -2.34. The van der Waals surface area contributed by atoms with E-state index in [2.05, 4.69) is 34.0 Å². The molecular formula is C23H24F3N5O. The van der Waals surface area contributed by atoms with Crippen LogP contribution in [0.1, 0.15) is 51.6 Å². The number of hydrogen-bond acceptors (Lipinski definition) is 4. The van der Waals surface area contributed by atoms with Gasteiger partial charge < -0.3 is 4.90 Å². The maximum Gasteiger partial charge on any atom is 0.433 e. The SMILES string of the molecule is Cc1ccccc1CN1CCN(C(=O)c2cnn3c(C(F)(F)F)cc(C4CC4)nc23)CC1. The van der Waals surface area contributed by atoms with Gasteiger partial charge in [-0.15, -0.1) is 0 Å². The summed E-state index contributed by atoms with van der Waals surface area (Å²) in [5.41, 5.74) is 2.12. The number of benzene rings is 1. The number of amides is 1. The van der Waals surface area contributed by atoms with Crippen LogP contribution >= 0.6 is 0 Å². The minimum Gasteiger partial charge on any atom is -0.336 e. The Bertz CT molecular complexity index is 1160. The Morgan fingerprint density at radius 1 is 1.12 bits per heavy atom. The van der Waals surface area contributed by atoms with Crippen LogP contribution in [0.15, 0.2) is 36.5 Å². The van der Waals surface area contributed by atoms with Gasteiger partial charge >= 0.3 is 6.18 Å². The minimum atomic E-state index is -4.57. The van der Waals surface area contributed by atoms with Gasteiger partial charge in [0.05, 0.1) is 6.20 Å². The van der Waals surface area contributed by atoms with Crippen LogP contribution in [-0.2, 0) is 12.7 Å². The van der Waals surface area contributed by atoms with Crippen LogP contribution < -0.4 is 0 Å². The normalized spacial score (nSPS) is 17.8. The standard InChI is InChI=1S/C23H24F3N5O/c1-15-4-2-3-5-17(15)14-29-8-10-30(11-9-29)22(32)18-13-27-31-20(23(24,25)26)12-19(16-6-7-16)28-21(18)31/h2-5,12-13,16H,6-11,14H2,1H3. The number of nitrogens with zero attached hydrogens (tertiary/aromatic N) is 5. The zero-order chi connectivity index (χ0) is 22.5. The molecule has 1 aromatic carbocycles. The van der Waals surface area contributed by atoms with Crippen LogP contribution in [0, 0.1) is 6.92 Å². The van der Waals surface area contributed by atoms with E-state index in [0.29, 0.717) is 31.9 Å². The maximum atomic E-state index is 13.6. The van der Waals surface area contributed by atoms with Crippen molar-refractivity contribution in [2.45, 2.75) is 38.4 Å². The Labute approximate surface area is 183 Å². The number of aromatic nitrogens is 3. The van der Waals surface area contributed by atoms with Gasteiger partial charge in [-0.25, -0.2) is 9.50 Å². The highest BCUT2D eigenvalue weighted by Gasteiger charge is 2.38. The van der Waals surface area contributed by atoms with E-state index in [-0.39, 0.29) is 23.0 Å². The molecule has 2 aromatic heterocycles. The third-order valence-corrected chi connectivity index (χ3v) is 6.32. The Morgan fingerprint density at radius 3 is 2.50 bits per heavy atom. The van der Waals surface area contributed by atoms with E-state index in [4.69, 9.17) is 0 Å². The van der Waals surface area contributed by atoms with Gasteiger partial charge in [0.1, 0.15) is 11.3 Å². The summed E-state index contributed by atoms with van der Waals surface area (Å²) in [7, 11) is 0. The maximum absolute atomic E-state index is 13.6. The Morgan fingerprint density at radius 2 is 1.84 bits per heavy atom. The van der Waals surface area contributed by atoms with Crippen LogP contribution in [0.2, 0.25) is 0 Å². The highest BCUT2D eigenvalue weighted by atomic mass is 19.4. The average Bonchev–Trinajstić information content (AvgIpc) is 3.53. The van der Waals surface area contributed by atoms with Crippen molar-refractivity contribution in [2.75, 3.05) is 26.2 Å². The molecule has 1 saturated carbocycles. The van der Waals surface area contributed by atoms with Crippen molar-refractivity contribution < 1.29 is 18.0 Å². The van der Waals surface area contributed by atoms with Crippen LogP contribution in [0.25, 0.3) is 5.65 Å². The van der Waals surface area contributed by atoms with E-state index in [0.717, 1.165) is 30.0 Å². The van der Waals surface area contributed by atoms with E-state index >= 15 is 0 Å².